The first-order valence-corrected chi connectivity index (χ1v) is 25.3. The first-order valence-electron chi connectivity index (χ1n) is 25.3. The molecule has 0 radical (unpaired) electrons. The molecule has 5 atom stereocenters. The number of rotatable bonds is 8. The van der Waals surface area contributed by atoms with Crippen LogP contribution in [0, 0.1) is 11.8 Å². The van der Waals surface area contributed by atoms with Crippen molar-refractivity contribution < 1.29 is 19.1 Å². The molecule has 6 aromatic rings. The lowest BCUT2D eigenvalue weighted by molar-refractivity contribution is -0.130. The molecule has 0 spiro atoms. The molecule has 2 amide bonds. The summed E-state index contributed by atoms with van der Waals surface area (Å²) < 4.78 is 21.2. The van der Waals surface area contributed by atoms with Crippen LogP contribution in [0.15, 0.2) is 61.2 Å². The quantitative estimate of drug-likeness (QED) is 0.156. The molecule has 2 fully saturated rings. The minimum absolute atomic E-state index is 0.0202. The van der Waals surface area contributed by atoms with Crippen molar-refractivity contribution in [1.29, 1.82) is 0 Å². The molecule has 10 heterocycles. The summed E-state index contributed by atoms with van der Waals surface area (Å²) in [6, 6.07) is 13.9. The number of anilines is 4. The van der Waals surface area contributed by atoms with Gasteiger partial charge in [0.05, 0.1) is 56.9 Å². The number of benzene rings is 2. The topological polar surface area (TPSA) is 137 Å². The van der Waals surface area contributed by atoms with Crippen molar-refractivity contribution in [2.24, 2.45) is 25.9 Å². The number of hydrogen-bond acceptors (Lipinski definition) is 10. The standard InChI is InChI=1S/C53H64N12O4/c1-6-35-19-39-20-36(41-24-54-58(4)27-41)8-10-48(39)63(26-35)53-46-30-61(34(3)67)16-13-50(46)65(57-53)44-23-51(69-32-44)38-11-17-62(47-9-7-37(21-40(47)22-38)42-25-55-59(5)28-42)52-45-29-60(33(2)66)15-12-49(45)64(56-52)43-14-18-68-31-43/h7-10,20-21,24-25,27-28,35,38,43-44,51H,6,11-19,22-23,26,29-32H2,1-5H3/t35-,38?,43-,44-,51?/m0/s1. The van der Waals surface area contributed by atoms with Gasteiger partial charge >= 0.3 is 0 Å². The zero-order valence-corrected chi connectivity index (χ0v) is 40.7. The van der Waals surface area contributed by atoms with Gasteiger partial charge in [-0.2, -0.15) is 20.4 Å². The van der Waals surface area contributed by atoms with Crippen LogP contribution in [0.25, 0.3) is 22.3 Å². The Labute approximate surface area is 403 Å². The van der Waals surface area contributed by atoms with Gasteiger partial charge in [-0.3, -0.25) is 28.3 Å². The first kappa shape index (κ1) is 44.0. The summed E-state index contributed by atoms with van der Waals surface area (Å²) in [5.41, 5.74) is 14.2. The third-order valence-electron chi connectivity index (χ3n) is 16.2. The van der Waals surface area contributed by atoms with Crippen LogP contribution in [-0.4, -0.2) is 113 Å². The van der Waals surface area contributed by atoms with Gasteiger partial charge in [0.15, 0.2) is 11.6 Å². The van der Waals surface area contributed by atoms with E-state index in [2.05, 4.69) is 85.1 Å². The van der Waals surface area contributed by atoms with E-state index in [1.54, 1.807) is 13.8 Å². The fourth-order valence-corrected chi connectivity index (χ4v) is 12.4. The van der Waals surface area contributed by atoms with Gasteiger partial charge in [-0.05, 0) is 90.5 Å². The highest BCUT2D eigenvalue weighted by molar-refractivity contribution is 5.78. The highest BCUT2D eigenvalue weighted by Crippen LogP contribution is 2.46. The molecule has 2 saturated heterocycles. The van der Waals surface area contributed by atoms with E-state index >= 15 is 0 Å². The largest absolute Gasteiger partial charge is 0.379 e. The number of fused-ring (bicyclic) bond motifs is 4. The van der Waals surface area contributed by atoms with Crippen LogP contribution < -0.4 is 9.80 Å². The Morgan fingerprint density at radius 1 is 0.696 bits per heavy atom. The zero-order chi connectivity index (χ0) is 47.1. The van der Waals surface area contributed by atoms with E-state index in [9.17, 15) is 9.59 Å². The van der Waals surface area contributed by atoms with Crippen molar-refractivity contribution in [3.8, 4) is 22.3 Å². The maximum atomic E-state index is 13.0. The molecule has 12 rings (SSSR count). The average molecular weight is 933 g/mol. The third kappa shape index (κ3) is 7.93. The number of amides is 2. The van der Waals surface area contributed by atoms with Gasteiger partial charge in [0.1, 0.15) is 0 Å². The lowest BCUT2D eigenvalue weighted by atomic mass is 9.88. The maximum Gasteiger partial charge on any atom is 0.219 e. The minimum Gasteiger partial charge on any atom is -0.379 e. The molecule has 2 unspecified atom stereocenters. The average Bonchev–Trinajstić information content (AvgIpc) is 4.23. The summed E-state index contributed by atoms with van der Waals surface area (Å²) in [6.45, 7) is 11.8. The molecular formula is C53H64N12O4. The number of hydrogen-bond donors (Lipinski definition) is 0. The van der Waals surface area contributed by atoms with Gasteiger partial charge < -0.3 is 29.1 Å². The van der Waals surface area contributed by atoms with Gasteiger partial charge in [-0.1, -0.05) is 25.5 Å². The van der Waals surface area contributed by atoms with Gasteiger partial charge in [0, 0.05) is 131 Å². The summed E-state index contributed by atoms with van der Waals surface area (Å²) in [5.74, 6) is 2.83. The molecule has 0 saturated carbocycles. The minimum atomic E-state index is 0.0202. The fourth-order valence-electron chi connectivity index (χ4n) is 12.4. The fraction of sp³-hybridized carbons (Fsp3) is 0.509. The van der Waals surface area contributed by atoms with Crippen molar-refractivity contribution in [3.63, 3.8) is 0 Å². The molecule has 6 aliphatic heterocycles. The molecule has 69 heavy (non-hydrogen) atoms. The summed E-state index contributed by atoms with van der Waals surface area (Å²) in [6.07, 6.45) is 15.2. The Bertz CT molecular complexity index is 2940. The lowest BCUT2D eigenvalue weighted by Crippen LogP contribution is -2.36. The van der Waals surface area contributed by atoms with E-state index in [-0.39, 0.29) is 35.9 Å². The number of aromatic nitrogens is 8. The van der Waals surface area contributed by atoms with Crippen molar-refractivity contribution >= 4 is 34.8 Å². The monoisotopic (exact) mass is 933 g/mol. The lowest BCUT2D eigenvalue weighted by Gasteiger charge is -2.36. The smallest absolute Gasteiger partial charge is 0.219 e. The SMILES string of the molecule is CC[C@H]1Cc2cc(-c3cnn(C)c3)ccc2N(c2nn([C@@H]3COC(C4CCN(c5nn([C@H]6CCOC6)c6c5CN(C(C)=O)CC6)c5ccc(-c6cnn(C)c6)cc5C4)C3)c3c2CN(C(C)=O)CC3)C1. The van der Waals surface area contributed by atoms with Crippen molar-refractivity contribution in [2.75, 3.05) is 55.8 Å². The highest BCUT2D eigenvalue weighted by Gasteiger charge is 2.41. The molecule has 2 aromatic carbocycles. The van der Waals surface area contributed by atoms with E-state index in [0.717, 1.165) is 116 Å². The summed E-state index contributed by atoms with van der Waals surface area (Å²) in [7, 11) is 3.92. The second-order valence-corrected chi connectivity index (χ2v) is 20.5. The number of aryl methyl sites for hydroxylation is 2. The van der Waals surface area contributed by atoms with Gasteiger partial charge in [0.2, 0.25) is 11.8 Å². The Hall–Kier alpha value is -6.26. The number of ether oxygens (including phenoxy) is 2. The van der Waals surface area contributed by atoms with Crippen molar-refractivity contribution in [2.45, 2.75) is 103 Å². The van der Waals surface area contributed by atoms with Crippen LogP contribution in [0.3, 0.4) is 0 Å². The molecule has 16 heteroatoms. The van der Waals surface area contributed by atoms with Crippen molar-refractivity contribution in [3.05, 3.63) is 94.8 Å². The van der Waals surface area contributed by atoms with E-state index < -0.39 is 0 Å². The van der Waals surface area contributed by atoms with Crippen LogP contribution >= 0.6 is 0 Å². The van der Waals surface area contributed by atoms with E-state index in [1.165, 1.54) is 33.8 Å². The van der Waals surface area contributed by atoms with Crippen LogP contribution in [0.4, 0.5) is 23.0 Å². The second-order valence-electron chi connectivity index (χ2n) is 20.5. The Morgan fingerprint density at radius 2 is 1.29 bits per heavy atom. The van der Waals surface area contributed by atoms with Gasteiger partial charge in [-0.15, -0.1) is 0 Å². The normalized spacial score (nSPS) is 23.5. The zero-order valence-electron chi connectivity index (χ0n) is 40.7. The van der Waals surface area contributed by atoms with E-state index in [0.29, 0.717) is 45.3 Å². The predicted octanol–water partition coefficient (Wildman–Crippen LogP) is 7.10. The first-order chi connectivity index (χ1) is 33.6. The summed E-state index contributed by atoms with van der Waals surface area (Å²) in [4.78, 5) is 34.7. The molecule has 4 aromatic heterocycles. The number of nitrogens with zero attached hydrogens (tertiary/aromatic N) is 12. The second kappa shape index (κ2) is 17.6. The molecule has 0 N–H and O–H groups in total. The highest BCUT2D eigenvalue weighted by atomic mass is 16.5. The molecule has 360 valence electrons. The molecule has 0 aliphatic carbocycles. The van der Waals surface area contributed by atoms with Crippen LogP contribution in [0.5, 0.6) is 0 Å². The maximum absolute atomic E-state index is 13.0. The van der Waals surface area contributed by atoms with Crippen molar-refractivity contribution in [1.82, 2.24) is 48.9 Å². The number of carbonyl (C=O) groups excluding carboxylic acids is 2. The van der Waals surface area contributed by atoms with Crippen LogP contribution in [0.1, 0.15) is 92.2 Å². The Balaban J connectivity index is 0.880. The Morgan fingerprint density at radius 3 is 1.86 bits per heavy atom. The van der Waals surface area contributed by atoms with E-state index in [4.69, 9.17) is 19.7 Å². The molecule has 6 aliphatic rings. The van der Waals surface area contributed by atoms with Crippen LogP contribution in [-0.2, 0) is 71.9 Å². The molecular weight excluding hydrogens is 869 g/mol. The van der Waals surface area contributed by atoms with Gasteiger partial charge in [-0.25, -0.2) is 0 Å². The third-order valence-corrected chi connectivity index (χ3v) is 16.2. The van der Waals surface area contributed by atoms with Gasteiger partial charge in [0.25, 0.3) is 0 Å². The molecule has 16 nitrogen and oxygen atoms in total. The molecule has 0 bridgehead atoms. The summed E-state index contributed by atoms with van der Waals surface area (Å²) >= 11 is 0. The Kier molecular flexibility index (Phi) is 11.2. The number of carbonyl (C=O) groups is 2. The summed E-state index contributed by atoms with van der Waals surface area (Å²) in [5, 5.41) is 20.1. The van der Waals surface area contributed by atoms with E-state index in [1.807, 2.05) is 45.7 Å². The van der Waals surface area contributed by atoms with Crippen LogP contribution in [0.2, 0.25) is 0 Å². The predicted molar refractivity (Wildman–Crippen MR) is 263 cm³/mol.